The zero-order valence-corrected chi connectivity index (χ0v) is 14.2. The van der Waals surface area contributed by atoms with Crippen molar-refractivity contribution in [3.05, 3.63) is 59.2 Å². The van der Waals surface area contributed by atoms with E-state index in [1.54, 1.807) is 29.2 Å². The second-order valence-corrected chi connectivity index (χ2v) is 6.27. The van der Waals surface area contributed by atoms with Crippen molar-refractivity contribution in [1.82, 2.24) is 0 Å². The van der Waals surface area contributed by atoms with Gasteiger partial charge in [0.15, 0.2) is 6.29 Å². The number of hydrogen-bond acceptors (Lipinski definition) is 4. The second-order valence-electron chi connectivity index (χ2n) is 6.27. The van der Waals surface area contributed by atoms with Crippen molar-refractivity contribution in [3.8, 4) is 5.75 Å². The van der Waals surface area contributed by atoms with Gasteiger partial charge >= 0.3 is 5.97 Å². The van der Waals surface area contributed by atoms with Crippen LogP contribution < -0.4 is 9.64 Å². The van der Waals surface area contributed by atoms with Crippen molar-refractivity contribution in [3.63, 3.8) is 0 Å². The van der Waals surface area contributed by atoms with Crippen LogP contribution in [0.3, 0.4) is 0 Å². The Kier molecular flexibility index (Phi) is 4.65. The number of anilines is 1. The molecule has 1 atom stereocenters. The predicted molar refractivity (Wildman–Crippen MR) is 93.8 cm³/mol. The molecule has 1 amide bonds. The van der Waals surface area contributed by atoms with Crippen LogP contribution in [0.25, 0.3) is 0 Å². The van der Waals surface area contributed by atoms with E-state index in [0.29, 0.717) is 11.8 Å². The summed E-state index contributed by atoms with van der Waals surface area (Å²) < 4.78 is 5.35. The molecule has 5 nitrogen and oxygen atoms in total. The topological polar surface area (TPSA) is 63.7 Å². The van der Waals surface area contributed by atoms with E-state index < -0.39 is 11.9 Å². The van der Waals surface area contributed by atoms with Gasteiger partial charge in [0.25, 0.3) is 0 Å². The van der Waals surface area contributed by atoms with Gasteiger partial charge in [-0.3, -0.25) is 14.4 Å². The molecule has 1 fully saturated rings. The van der Waals surface area contributed by atoms with Gasteiger partial charge in [-0.05, 0) is 37.6 Å². The molecule has 1 heterocycles. The van der Waals surface area contributed by atoms with E-state index >= 15 is 0 Å². The Morgan fingerprint density at radius 1 is 1.20 bits per heavy atom. The van der Waals surface area contributed by atoms with Gasteiger partial charge in [-0.25, -0.2) is 0 Å². The highest BCUT2D eigenvalue weighted by Gasteiger charge is 2.37. The highest BCUT2D eigenvalue weighted by molar-refractivity contribution is 6.00. The van der Waals surface area contributed by atoms with Gasteiger partial charge in [0.1, 0.15) is 5.75 Å². The largest absolute Gasteiger partial charge is 0.425 e. The van der Waals surface area contributed by atoms with Crippen molar-refractivity contribution in [2.75, 3.05) is 11.4 Å². The van der Waals surface area contributed by atoms with Gasteiger partial charge in [0.05, 0.1) is 11.5 Å². The van der Waals surface area contributed by atoms with Gasteiger partial charge in [0, 0.05) is 18.7 Å². The summed E-state index contributed by atoms with van der Waals surface area (Å²) in [6, 6.07) is 12.4. The van der Waals surface area contributed by atoms with E-state index in [4.69, 9.17) is 4.74 Å². The summed E-state index contributed by atoms with van der Waals surface area (Å²) in [5.41, 5.74) is 3.24. The number of carbonyl (C=O) groups is 3. The number of rotatable bonds is 4. The molecule has 0 unspecified atom stereocenters. The third kappa shape index (κ3) is 3.45. The van der Waals surface area contributed by atoms with Gasteiger partial charge in [-0.1, -0.05) is 29.8 Å². The number of amides is 1. The van der Waals surface area contributed by atoms with E-state index in [9.17, 15) is 14.4 Å². The molecule has 0 saturated carbocycles. The quantitative estimate of drug-likeness (QED) is 0.489. The van der Waals surface area contributed by atoms with Crippen LogP contribution in [0.4, 0.5) is 5.69 Å². The van der Waals surface area contributed by atoms with E-state index in [-0.39, 0.29) is 24.6 Å². The lowest BCUT2D eigenvalue weighted by atomic mass is 10.1. The van der Waals surface area contributed by atoms with Crippen LogP contribution >= 0.6 is 0 Å². The average Bonchev–Trinajstić information content (AvgIpc) is 2.97. The standard InChI is InChI=1S/C20H19NO4/c1-13-7-8-17(14(2)9-13)21-11-16(10-19(21)23)20(24)25-18-6-4-3-5-15(18)12-22/h3-9,12,16H,10-11H2,1-2H3/t16-/m1/s1. The molecule has 1 saturated heterocycles. The lowest BCUT2D eigenvalue weighted by molar-refractivity contribution is -0.139. The van der Waals surface area contributed by atoms with E-state index in [0.717, 1.165) is 16.8 Å². The molecule has 0 aliphatic carbocycles. The molecule has 2 aromatic carbocycles. The fraction of sp³-hybridized carbons (Fsp3) is 0.250. The minimum atomic E-state index is -0.548. The van der Waals surface area contributed by atoms with E-state index in [2.05, 4.69) is 0 Å². The molecule has 2 aromatic rings. The van der Waals surface area contributed by atoms with Crippen molar-refractivity contribution >= 4 is 23.9 Å². The molecule has 0 spiro atoms. The molecule has 1 aliphatic rings. The predicted octanol–water partition coefficient (Wildman–Crippen LogP) is 3.07. The monoisotopic (exact) mass is 337 g/mol. The Morgan fingerprint density at radius 2 is 1.96 bits per heavy atom. The van der Waals surface area contributed by atoms with Crippen LogP contribution in [0.15, 0.2) is 42.5 Å². The normalized spacial score (nSPS) is 16.8. The molecular formula is C20H19NO4. The summed E-state index contributed by atoms with van der Waals surface area (Å²) in [4.78, 5) is 37.5. The minimum absolute atomic E-state index is 0.0995. The zero-order valence-electron chi connectivity index (χ0n) is 14.2. The number of ether oxygens (including phenoxy) is 1. The second kappa shape index (κ2) is 6.89. The highest BCUT2D eigenvalue weighted by atomic mass is 16.5. The molecule has 0 bridgehead atoms. The number of esters is 1. The molecule has 0 N–H and O–H groups in total. The lowest BCUT2D eigenvalue weighted by Crippen LogP contribution is -2.28. The van der Waals surface area contributed by atoms with Gasteiger partial charge in [-0.15, -0.1) is 0 Å². The number of aldehydes is 1. The van der Waals surface area contributed by atoms with Crippen LogP contribution in [-0.4, -0.2) is 24.7 Å². The Hall–Kier alpha value is -2.95. The maximum absolute atomic E-state index is 12.4. The highest BCUT2D eigenvalue weighted by Crippen LogP contribution is 2.29. The number of nitrogens with zero attached hydrogens (tertiary/aromatic N) is 1. The fourth-order valence-electron chi connectivity index (χ4n) is 3.07. The third-order valence-electron chi connectivity index (χ3n) is 4.36. The molecule has 0 aromatic heterocycles. The molecule has 0 radical (unpaired) electrons. The van der Waals surface area contributed by atoms with Crippen molar-refractivity contribution in [2.45, 2.75) is 20.3 Å². The lowest BCUT2D eigenvalue weighted by Gasteiger charge is -2.19. The van der Waals surface area contributed by atoms with Crippen LogP contribution in [0.1, 0.15) is 27.9 Å². The molecule has 5 heteroatoms. The fourth-order valence-corrected chi connectivity index (χ4v) is 3.07. The molecule has 25 heavy (non-hydrogen) atoms. The SMILES string of the molecule is Cc1ccc(N2C[C@H](C(=O)Oc3ccccc3C=O)CC2=O)c(C)c1. The minimum Gasteiger partial charge on any atom is -0.425 e. The molecular weight excluding hydrogens is 318 g/mol. The van der Waals surface area contributed by atoms with Crippen LogP contribution in [0, 0.1) is 19.8 Å². The summed E-state index contributed by atoms with van der Waals surface area (Å²) in [6.45, 7) is 4.22. The van der Waals surface area contributed by atoms with Crippen molar-refractivity contribution in [1.29, 1.82) is 0 Å². The number of benzene rings is 2. The molecule has 3 rings (SSSR count). The maximum Gasteiger partial charge on any atom is 0.316 e. The summed E-state index contributed by atoms with van der Waals surface area (Å²) in [6.07, 6.45) is 0.750. The van der Waals surface area contributed by atoms with E-state index in [1.165, 1.54) is 0 Å². The zero-order chi connectivity index (χ0) is 18.0. The first-order valence-corrected chi connectivity index (χ1v) is 8.13. The summed E-state index contributed by atoms with van der Waals surface area (Å²) in [5.74, 6) is -0.916. The number of para-hydroxylation sites is 1. The Labute approximate surface area is 146 Å². The van der Waals surface area contributed by atoms with Crippen LogP contribution in [-0.2, 0) is 9.59 Å². The number of aryl methyl sites for hydroxylation is 2. The Morgan fingerprint density at radius 3 is 2.68 bits per heavy atom. The van der Waals surface area contributed by atoms with Gasteiger partial charge in [-0.2, -0.15) is 0 Å². The van der Waals surface area contributed by atoms with Crippen LogP contribution in [0.2, 0.25) is 0 Å². The molecule has 1 aliphatic heterocycles. The van der Waals surface area contributed by atoms with Gasteiger partial charge in [0.2, 0.25) is 5.91 Å². The summed E-state index contributed by atoms with van der Waals surface area (Å²) >= 11 is 0. The van der Waals surface area contributed by atoms with Crippen molar-refractivity contribution < 1.29 is 19.1 Å². The molecule has 128 valence electrons. The summed E-state index contributed by atoms with van der Waals surface area (Å²) in [5, 5.41) is 0. The first-order valence-electron chi connectivity index (χ1n) is 8.13. The summed E-state index contributed by atoms with van der Waals surface area (Å²) in [7, 11) is 0. The average molecular weight is 337 g/mol. The smallest absolute Gasteiger partial charge is 0.316 e. The van der Waals surface area contributed by atoms with Gasteiger partial charge < -0.3 is 9.64 Å². The number of carbonyl (C=O) groups excluding carboxylic acids is 3. The van der Waals surface area contributed by atoms with Crippen molar-refractivity contribution in [2.24, 2.45) is 5.92 Å². The third-order valence-corrected chi connectivity index (χ3v) is 4.36. The Balaban J connectivity index is 1.75. The Bertz CT molecular complexity index is 843. The van der Waals surface area contributed by atoms with E-state index in [1.807, 2.05) is 32.0 Å². The first kappa shape index (κ1) is 16.9. The first-order chi connectivity index (χ1) is 12.0. The van der Waals surface area contributed by atoms with Crippen LogP contribution in [0.5, 0.6) is 5.75 Å². The maximum atomic E-state index is 12.4. The number of hydrogen-bond donors (Lipinski definition) is 0.